The van der Waals surface area contributed by atoms with Crippen molar-refractivity contribution < 1.29 is 9.84 Å². The first kappa shape index (κ1) is 11.6. The Kier molecular flexibility index (Phi) is 3.75. The predicted octanol–water partition coefficient (Wildman–Crippen LogP) is 2.43. The van der Waals surface area contributed by atoms with Gasteiger partial charge in [0.25, 0.3) is 0 Å². The third-order valence-electron chi connectivity index (χ3n) is 2.53. The van der Waals surface area contributed by atoms with Crippen LogP contribution in [-0.4, -0.2) is 5.11 Å². The summed E-state index contributed by atoms with van der Waals surface area (Å²) in [6.07, 6.45) is 0. The molecule has 0 unspecified atom stereocenters. The molecule has 2 rings (SSSR count). The van der Waals surface area contributed by atoms with Crippen LogP contribution in [0.5, 0.6) is 11.5 Å². The van der Waals surface area contributed by atoms with Gasteiger partial charge in [-0.1, -0.05) is 30.3 Å². The van der Waals surface area contributed by atoms with E-state index in [1.54, 1.807) is 0 Å². The average molecular weight is 229 g/mol. The molecule has 3 heteroatoms. The number of aliphatic hydroxyl groups excluding tert-OH is 1. The standard InChI is InChI=1S/C14H15NO2/c15-9-12-3-1-2-4-14(12)17-13-7-5-11(10-16)6-8-13/h1-8,16H,9-10,15H2. The molecular formula is C14H15NO2. The van der Waals surface area contributed by atoms with Crippen LogP contribution in [0.1, 0.15) is 11.1 Å². The molecule has 2 aromatic carbocycles. The Hall–Kier alpha value is -1.84. The number of hydrogen-bond donors (Lipinski definition) is 2. The summed E-state index contributed by atoms with van der Waals surface area (Å²) in [5.74, 6) is 1.51. The topological polar surface area (TPSA) is 55.5 Å². The third kappa shape index (κ3) is 2.84. The van der Waals surface area contributed by atoms with Gasteiger partial charge in [-0.25, -0.2) is 0 Å². The highest BCUT2D eigenvalue weighted by molar-refractivity contribution is 5.38. The van der Waals surface area contributed by atoms with Crippen LogP contribution < -0.4 is 10.5 Å². The minimum atomic E-state index is 0.0413. The molecule has 0 aliphatic rings. The van der Waals surface area contributed by atoms with Crippen molar-refractivity contribution in [2.75, 3.05) is 0 Å². The van der Waals surface area contributed by atoms with Gasteiger partial charge in [-0.2, -0.15) is 0 Å². The van der Waals surface area contributed by atoms with E-state index < -0.39 is 0 Å². The lowest BCUT2D eigenvalue weighted by Crippen LogP contribution is -1.99. The Morgan fingerprint density at radius 3 is 2.35 bits per heavy atom. The number of aliphatic hydroxyl groups is 1. The van der Waals surface area contributed by atoms with Gasteiger partial charge in [0.1, 0.15) is 11.5 Å². The maximum Gasteiger partial charge on any atom is 0.131 e. The number of nitrogens with two attached hydrogens (primary N) is 1. The van der Waals surface area contributed by atoms with Crippen molar-refractivity contribution in [1.29, 1.82) is 0 Å². The fourth-order valence-electron chi connectivity index (χ4n) is 1.56. The van der Waals surface area contributed by atoms with E-state index >= 15 is 0 Å². The van der Waals surface area contributed by atoms with E-state index in [4.69, 9.17) is 15.6 Å². The smallest absolute Gasteiger partial charge is 0.131 e. The highest BCUT2D eigenvalue weighted by atomic mass is 16.5. The molecule has 0 spiro atoms. The Balaban J connectivity index is 2.19. The summed E-state index contributed by atoms with van der Waals surface area (Å²) in [5.41, 5.74) is 7.47. The molecule has 2 aromatic rings. The lowest BCUT2D eigenvalue weighted by atomic mass is 10.2. The maximum atomic E-state index is 8.94. The first-order valence-electron chi connectivity index (χ1n) is 5.49. The second-order valence-electron chi connectivity index (χ2n) is 3.72. The van der Waals surface area contributed by atoms with E-state index in [-0.39, 0.29) is 6.61 Å². The summed E-state index contributed by atoms with van der Waals surface area (Å²) in [5, 5.41) is 8.94. The van der Waals surface area contributed by atoms with Gasteiger partial charge in [-0.3, -0.25) is 0 Å². The summed E-state index contributed by atoms with van der Waals surface area (Å²) in [4.78, 5) is 0. The summed E-state index contributed by atoms with van der Waals surface area (Å²) in [6, 6.07) is 15.0. The van der Waals surface area contributed by atoms with Gasteiger partial charge in [-0.05, 0) is 23.8 Å². The largest absolute Gasteiger partial charge is 0.457 e. The van der Waals surface area contributed by atoms with Crippen molar-refractivity contribution >= 4 is 0 Å². The third-order valence-corrected chi connectivity index (χ3v) is 2.53. The van der Waals surface area contributed by atoms with Gasteiger partial charge in [0.15, 0.2) is 0 Å². The van der Waals surface area contributed by atoms with Crippen molar-refractivity contribution in [1.82, 2.24) is 0 Å². The Labute approximate surface area is 100 Å². The van der Waals surface area contributed by atoms with Crippen LogP contribution in [0.25, 0.3) is 0 Å². The molecule has 0 radical (unpaired) electrons. The van der Waals surface area contributed by atoms with E-state index in [2.05, 4.69) is 0 Å². The van der Waals surface area contributed by atoms with Gasteiger partial charge >= 0.3 is 0 Å². The van der Waals surface area contributed by atoms with Crippen molar-refractivity contribution in [3.63, 3.8) is 0 Å². The molecule has 0 aliphatic heterocycles. The molecule has 0 bridgehead atoms. The minimum Gasteiger partial charge on any atom is -0.457 e. The number of benzene rings is 2. The van der Waals surface area contributed by atoms with Gasteiger partial charge < -0.3 is 15.6 Å². The number of ether oxygens (including phenoxy) is 1. The Bertz CT molecular complexity index is 480. The normalized spacial score (nSPS) is 10.2. The average Bonchev–Trinajstić information content (AvgIpc) is 2.40. The first-order valence-corrected chi connectivity index (χ1v) is 5.49. The van der Waals surface area contributed by atoms with Crippen molar-refractivity contribution in [2.45, 2.75) is 13.2 Å². The zero-order chi connectivity index (χ0) is 12.1. The molecule has 3 nitrogen and oxygen atoms in total. The second-order valence-corrected chi connectivity index (χ2v) is 3.72. The van der Waals surface area contributed by atoms with E-state index in [1.165, 1.54) is 0 Å². The zero-order valence-corrected chi connectivity index (χ0v) is 9.47. The molecule has 0 aliphatic carbocycles. The van der Waals surface area contributed by atoms with Gasteiger partial charge in [-0.15, -0.1) is 0 Å². The number of rotatable bonds is 4. The summed E-state index contributed by atoms with van der Waals surface area (Å²) >= 11 is 0. The lowest BCUT2D eigenvalue weighted by molar-refractivity contribution is 0.281. The van der Waals surface area contributed by atoms with Crippen molar-refractivity contribution in [3.05, 3.63) is 59.7 Å². The SMILES string of the molecule is NCc1ccccc1Oc1ccc(CO)cc1. The zero-order valence-electron chi connectivity index (χ0n) is 9.47. The van der Waals surface area contributed by atoms with Crippen LogP contribution in [0.3, 0.4) is 0 Å². The molecule has 3 N–H and O–H groups in total. The fraction of sp³-hybridized carbons (Fsp3) is 0.143. The molecule has 0 saturated carbocycles. The number of para-hydroxylation sites is 1. The first-order chi connectivity index (χ1) is 8.33. The van der Waals surface area contributed by atoms with Crippen LogP contribution in [0.4, 0.5) is 0 Å². The molecular weight excluding hydrogens is 214 g/mol. The van der Waals surface area contributed by atoms with Crippen LogP contribution in [0, 0.1) is 0 Å². The molecule has 0 saturated heterocycles. The molecule has 0 atom stereocenters. The lowest BCUT2D eigenvalue weighted by Gasteiger charge is -2.09. The van der Waals surface area contributed by atoms with Crippen LogP contribution >= 0.6 is 0 Å². The molecule has 0 fully saturated rings. The van der Waals surface area contributed by atoms with E-state index in [9.17, 15) is 0 Å². The second kappa shape index (κ2) is 5.48. The van der Waals surface area contributed by atoms with E-state index in [0.717, 1.165) is 22.6 Å². The summed E-state index contributed by atoms with van der Waals surface area (Å²) < 4.78 is 5.74. The monoisotopic (exact) mass is 229 g/mol. The molecule has 0 amide bonds. The van der Waals surface area contributed by atoms with Gasteiger partial charge in [0.05, 0.1) is 6.61 Å². The highest BCUT2D eigenvalue weighted by Crippen LogP contribution is 2.25. The molecule has 17 heavy (non-hydrogen) atoms. The van der Waals surface area contributed by atoms with Gasteiger partial charge in [0.2, 0.25) is 0 Å². The van der Waals surface area contributed by atoms with Crippen molar-refractivity contribution in [3.8, 4) is 11.5 Å². The maximum absolute atomic E-state index is 8.94. The Morgan fingerprint density at radius 2 is 1.71 bits per heavy atom. The summed E-state index contributed by atoms with van der Waals surface area (Å²) in [7, 11) is 0. The minimum absolute atomic E-state index is 0.0413. The van der Waals surface area contributed by atoms with E-state index in [0.29, 0.717) is 6.54 Å². The fourth-order valence-corrected chi connectivity index (χ4v) is 1.56. The Morgan fingerprint density at radius 1 is 1.00 bits per heavy atom. The molecule has 88 valence electrons. The van der Waals surface area contributed by atoms with Crippen LogP contribution in [0.2, 0.25) is 0 Å². The van der Waals surface area contributed by atoms with Crippen molar-refractivity contribution in [2.24, 2.45) is 5.73 Å². The van der Waals surface area contributed by atoms with Crippen LogP contribution in [0.15, 0.2) is 48.5 Å². The molecule has 0 aromatic heterocycles. The number of hydrogen-bond acceptors (Lipinski definition) is 3. The van der Waals surface area contributed by atoms with Gasteiger partial charge in [0, 0.05) is 12.1 Å². The van der Waals surface area contributed by atoms with Crippen LogP contribution in [-0.2, 0) is 13.2 Å². The summed E-state index contributed by atoms with van der Waals surface area (Å²) in [6.45, 7) is 0.491. The predicted molar refractivity (Wildman–Crippen MR) is 66.8 cm³/mol. The van der Waals surface area contributed by atoms with E-state index in [1.807, 2.05) is 48.5 Å². The molecule has 0 heterocycles. The quantitative estimate of drug-likeness (QED) is 0.846. The highest BCUT2D eigenvalue weighted by Gasteiger charge is 2.02.